The average Bonchev–Trinajstić information content (AvgIpc) is 2.61. The predicted molar refractivity (Wildman–Crippen MR) is 97.6 cm³/mol. The number of nitrogens with one attached hydrogen (secondary N) is 1. The van der Waals surface area contributed by atoms with Crippen LogP contribution >= 0.6 is 0 Å². The van der Waals surface area contributed by atoms with E-state index in [1.807, 2.05) is 44.2 Å². The van der Waals surface area contributed by atoms with Gasteiger partial charge >= 0.3 is 0 Å². The van der Waals surface area contributed by atoms with E-state index in [9.17, 15) is 4.79 Å². The second-order valence-electron chi connectivity index (χ2n) is 6.51. The molecule has 0 spiro atoms. The summed E-state index contributed by atoms with van der Waals surface area (Å²) in [5.74, 6) is 0.695. The molecule has 1 N–H and O–H groups in total. The van der Waals surface area contributed by atoms with Gasteiger partial charge in [-0.3, -0.25) is 4.79 Å². The summed E-state index contributed by atoms with van der Waals surface area (Å²) >= 11 is 0. The molecular formula is C21H25NO2. The fourth-order valence-corrected chi connectivity index (χ4v) is 3.13. The molecule has 2 aromatic rings. The van der Waals surface area contributed by atoms with Gasteiger partial charge < -0.3 is 10.1 Å². The molecule has 0 aliphatic heterocycles. The van der Waals surface area contributed by atoms with Gasteiger partial charge in [-0.1, -0.05) is 30.7 Å². The maximum atomic E-state index is 12.5. The Kier molecular flexibility index (Phi) is 5.19. The Morgan fingerprint density at radius 2 is 1.79 bits per heavy atom. The zero-order chi connectivity index (χ0) is 16.9. The number of ether oxygens (including phenoxy) is 1. The summed E-state index contributed by atoms with van der Waals surface area (Å²) in [6.07, 6.45) is 4.92. The van der Waals surface area contributed by atoms with Crippen LogP contribution < -0.4 is 10.1 Å². The van der Waals surface area contributed by atoms with Crippen molar-refractivity contribution < 1.29 is 9.53 Å². The molecule has 0 unspecified atom stereocenters. The van der Waals surface area contributed by atoms with Crippen LogP contribution in [0.2, 0.25) is 0 Å². The molecule has 0 heterocycles. The Bertz CT molecular complexity index is 706. The number of carbonyl (C=O) groups is 1. The zero-order valence-electron chi connectivity index (χ0n) is 14.5. The van der Waals surface area contributed by atoms with Crippen LogP contribution in [-0.2, 0) is 17.6 Å². The molecule has 24 heavy (non-hydrogen) atoms. The SMILES string of the molecule is CC[C@@H](Oc1ccc2c(c1)CCCC2)C(=O)Nc1ccc(C)cc1. The van der Waals surface area contributed by atoms with Crippen molar-refractivity contribution in [2.75, 3.05) is 5.32 Å². The lowest BCUT2D eigenvalue weighted by atomic mass is 9.92. The lowest BCUT2D eigenvalue weighted by Gasteiger charge is -2.20. The number of fused-ring (bicyclic) bond motifs is 1. The van der Waals surface area contributed by atoms with Crippen LogP contribution in [0, 0.1) is 6.92 Å². The minimum atomic E-state index is -0.479. The number of benzene rings is 2. The average molecular weight is 323 g/mol. The summed E-state index contributed by atoms with van der Waals surface area (Å²) in [5, 5.41) is 2.94. The molecule has 0 saturated carbocycles. The van der Waals surface area contributed by atoms with Gasteiger partial charge in [0, 0.05) is 5.69 Å². The third kappa shape index (κ3) is 3.97. The first-order valence-corrected chi connectivity index (χ1v) is 8.81. The largest absolute Gasteiger partial charge is 0.481 e. The maximum Gasteiger partial charge on any atom is 0.265 e. The Hall–Kier alpha value is -2.29. The quantitative estimate of drug-likeness (QED) is 0.868. The second-order valence-corrected chi connectivity index (χ2v) is 6.51. The summed E-state index contributed by atoms with van der Waals surface area (Å²) in [6.45, 7) is 4.00. The van der Waals surface area contributed by atoms with Crippen molar-refractivity contribution in [3.05, 3.63) is 59.2 Å². The van der Waals surface area contributed by atoms with Gasteiger partial charge in [0.2, 0.25) is 0 Å². The Morgan fingerprint density at radius 1 is 1.08 bits per heavy atom. The highest BCUT2D eigenvalue weighted by atomic mass is 16.5. The van der Waals surface area contributed by atoms with E-state index >= 15 is 0 Å². The van der Waals surface area contributed by atoms with Gasteiger partial charge in [-0.2, -0.15) is 0 Å². The first-order valence-electron chi connectivity index (χ1n) is 8.81. The number of aryl methyl sites for hydroxylation is 3. The summed E-state index contributed by atoms with van der Waals surface area (Å²) in [7, 11) is 0. The van der Waals surface area contributed by atoms with Crippen LogP contribution in [-0.4, -0.2) is 12.0 Å². The molecule has 1 atom stereocenters. The topological polar surface area (TPSA) is 38.3 Å². The van der Waals surface area contributed by atoms with E-state index in [0.29, 0.717) is 6.42 Å². The molecule has 0 fully saturated rings. The fourth-order valence-electron chi connectivity index (χ4n) is 3.13. The van der Waals surface area contributed by atoms with Gasteiger partial charge in [0.15, 0.2) is 6.10 Å². The number of anilines is 1. The van der Waals surface area contributed by atoms with Gasteiger partial charge in [-0.15, -0.1) is 0 Å². The van der Waals surface area contributed by atoms with E-state index in [-0.39, 0.29) is 5.91 Å². The van der Waals surface area contributed by atoms with Crippen molar-refractivity contribution in [2.45, 2.75) is 52.1 Å². The lowest BCUT2D eigenvalue weighted by Crippen LogP contribution is -2.32. The minimum Gasteiger partial charge on any atom is -0.481 e. The fraction of sp³-hybridized carbons (Fsp3) is 0.381. The van der Waals surface area contributed by atoms with Crippen molar-refractivity contribution in [2.24, 2.45) is 0 Å². The van der Waals surface area contributed by atoms with E-state index in [4.69, 9.17) is 4.74 Å². The molecule has 3 rings (SSSR count). The van der Waals surface area contributed by atoms with Gasteiger partial charge in [0.25, 0.3) is 5.91 Å². The Balaban J connectivity index is 1.67. The standard InChI is InChI=1S/C21H25NO2/c1-3-20(21(23)22-18-11-8-15(2)9-12-18)24-19-13-10-16-6-4-5-7-17(16)14-19/h8-14,20H,3-7H2,1-2H3,(H,22,23)/t20-/m1/s1. The van der Waals surface area contributed by atoms with E-state index in [1.165, 1.54) is 29.5 Å². The maximum absolute atomic E-state index is 12.5. The van der Waals surface area contributed by atoms with Crippen LogP contribution in [0.15, 0.2) is 42.5 Å². The number of hydrogen-bond donors (Lipinski definition) is 1. The number of amides is 1. The normalized spacial score (nSPS) is 14.6. The number of rotatable bonds is 5. The van der Waals surface area contributed by atoms with E-state index < -0.39 is 6.10 Å². The van der Waals surface area contributed by atoms with Crippen molar-refractivity contribution in [1.29, 1.82) is 0 Å². The summed E-state index contributed by atoms with van der Waals surface area (Å²) in [5.41, 5.74) is 4.77. The molecule has 2 aromatic carbocycles. The van der Waals surface area contributed by atoms with Gasteiger partial charge in [0.1, 0.15) is 5.75 Å². The van der Waals surface area contributed by atoms with Crippen LogP contribution in [0.3, 0.4) is 0 Å². The molecular weight excluding hydrogens is 298 g/mol. The first-order chi connectivity index (χ1) is 11.7. The van der Waals surface area contributed by atoms with Crippen LogP contribution in [0.1, 0.15) is 42.9 Å². The highest BCUT2D eigenvalue weighted by Gasteiger charge is 2.19. The molecule has 3 heteroatoms. The van der Waals surface area contributed by atoms with Crippen molar-refractivity contribution in [3.63, 3.8) is 0 Å². The van der Waals surface area contributed by atoms with Crippen LogP contribution in [0.4, 0.5) is 5.69 Å². The third-order valence-electron chi connectivity index (χ3n) is 4.58. The monoisotopic (exact) mass is 323 g/mol. The predicted octanol–water partition coefficient (Wildman–Crippen LogP) is 4.67. The summed E-state index contributed by atoms with van der Waals surface area (Å²) < 4.78 is 5.98. The van der Waals surface area contributed by atoms with Gasteiger partial charge in [-0.25, -0.2) is 0 Å². The summed E-state index contributed by atoms with van der Waals surface area (Å²) in [4.78, 5) is 12.5. The van der Waals surface area contributed by atoms with E-state index in [2.05, 4.69) is 17.4 Å². The molecule has 126 valence electrons. The van der Waals surface area contributed by atoms with Crippen molar-refractivity contribution >= 4 is 11.6 Å². The number of hydrogen-bond acceptors (Lipinski definition) is 2. The number of carbonyl (C=O) groups excluding carboxylic acids is 1. The highest BCUT2D eigenvalue weighted by Crippen LogP contribution is 2.26. The van der Waals surface area contributed by atoms with Gasteiger partial charge in [0.05, 0.1) is 0 Å². The molecule has 0 bridgehead atoms. The molecule has 3 nitrogen and oxygen atoms in total. The Labute approximate surface area is 144 Å². The summed E-state index contributed by atoms with van der Waals surface area (Å²) in [6, 6.07) is 14.1. The zero-order valence-corrected chi connectivity index (χ0v) is 14.5. The minimum absolute atomic E-state index is 0.0981. The first kappa shape index (κ1) is 16.6. The van der Waals surface area contributed by atoms with Crippen LogP contribution in [0.25, 0.3) is 0 Å². The van der Waals surface area contributed by atoms with E-state index in [1.54, 1.807) is 0 Å². The molecule has 1 aliphatic rings. The van der Waals surface area contributed by atoms with Crippen molar-refractivity contribution in [3.8, 4) is 5.75 Å². The molecule has 0 saturated heterocycles. The Morgan fingerprint density at radius 3 is 2.50 bits per heavy atom. The molecule has 0 aromatic heterocycles. The molecule has 0 radical (unpaired) electrons. The second kappa shape index (κ2) is 7.52. The van der Waals surface area contributed by atoms with Crippen molar-refractivity contribution in [1.82, 2.24) is 0 Å². The third-order valence-corrected chi connectivity index (χ3v) is 4.58. The molecule has 1 amide bonds. The smallest absolute Gasteiger partial charge is 0.265 e. The molecule has 1 aliphatic carbocycles. The highest BCUT2D eigenvalue weighted by molar-refractivity contribution is 5.94. The van der Waals surface area contributed by atoms with Gasteiger partial charge in [-0.05, 0) is 74.4 Å². The van der Waals surface area contributed by atoms with E-state index in [0.717, 1.165) is 24.3 Å². The lowest BCUT2D eigenvalue weighted by molar-refractivity contribution is -0.122. The van der Waals surface area contributed by atoms with Crippen LogP contribution in [0.5, 0.6) is 5.75 Å².